The molecule has 0 spiro atoms. The van der Waals surface area contributed by atoms with Crippen LogP contribution in [0.4, 0.5) is 0 Å². The van der Waals surface area contributed by atoms with Gasteiger partial charge in [0.25, 0.3) is 0 Å². The number of nitrogens with zero attached hydrogens (tertiary/aromatic N) is 3. The van der Waals surface area contributed by atoms with E-state index in [1.54, 1.807) is 18.4 Å². The van der Waals surface area contributed by atoms with E-state index >= 15 is 0 Å². The number of aryl methyl sites for hydroxylation is 1. The van der Waals surface area contributed by atoms with Crippen molar-refractivity contribution in [3.8, 4) is 17.0 Å². The van der Waals surface area contributed by atoms with E-state index < -0.39 is 0 Å². The molecule has 8 heteroatoms. The number of carbonyl (C=O) groups is 1. The third-order valence-corrected chi connectivity index (χ3v) is 6.23. The van der Waals surface area contributed by atoms with Crippen LogP contribution in [0.25, 0.3) is 21.5 Å². The van der Waals surface area contributed by atoms with Gasteiger partial charge in [0.1, 0.15) is 28.6 Å². The number of thiazole rings is 1. The maximum atomic E-state index is 12.2. The lowest BCUT2D eigenvalue weighted by molar-refractivity contribution is -0.141. The molecule has 0 amide bonds. The maximum absolute atomic E-state index is 12.2. The number of methoxy groups -OCH3 is 1. The predicted molar refractivity (Wildman–Crippen MR) is 119 cm³/mol. The number of esters is 1. The Kier molecular flexibility index (Phi) is 6.25. The first-order valence-corrected chi connectivity index (χ1v) is 11.0. The van der Waals surface area contributed by atoms with Gasteiger partial charge in [-0.15, -0.1) is 21.5 Å². The minimum Gasteiger partial charge on any atom is -0.497 e. The summed E-state index contributed by atoms with van der Waals surface area (Å²) in [5.74, 6) is 0.629. The number of hydrogen-bond acceptors (Lipinski definition) is 8. The molecule has 0 fully saturated rings. The highest BCUT2D eigenvalue weighted by molar-refractivity contribution is 8.00. The van der Waals surface area contributed by atoms with Crippen LogP contribution in [0.2, 0.25) is 0 Å². The molecule has 2 heterocycles. The van der Waals surface area contributed by atoms with Gasteiger partial charge in [0.05, 0.1) is 22.6 Å². The fourth-order valence-electron chi connectivity index (χ4n) is 2.86. The molecule has 0 bridgehead atoms. The second kappa shape index (κ2) is 9.23. The van der Waals surface area contributed by atoms with Gasteiger partial charge in [-0.25, -0.2) is 4.98 Å². The average Bonchev–Trinajstić information content (AvgIpc) is 3.18. The van der Waals surface area contributed by atoms with Crippen molar-refractivity contribution in [1.29, 1.82) is 0 Å². The molecule has 0 aliphatic rings. The lowest BCUT2D eigenvalue weighted by Gasteiger charge is -2.07. The van der Waals surface area contributed by atoms with Gasteiger partial charge in [-0.2, -0.15) is 0 Å². The van der Waals surface area contributed by atoms with Crippen molar-refractivity contribution in [2.24, 2.45) is 0 Å². The van der Waals surface area contributed by atoms with Gasteiger partial charge in [0.15, 0.2) is 0 Å². The minimum absolute atomic E-state index is 0.148. The molecular formula is C22H19N3O3S2. The van der Waals surface area contributed by atoms with Crippen LogP contribution in [0.5, 0.6) is 5.75 Å². The Labute approximate surface area is 182 Å². The Hall–Kier alpha value is -2.97. The summed E-state index contributed by atoms with van der Waals surface area (Å²) in [5.41, 5.74) is 3.43. The molecule has 6 nitrogen and oxygen atoms in total. The van der Waals surface area contributed by atoms with E-state index in [4.69, 9.17) is 9.47 Å². The summed E-state index contributed by atoms with van der Waals surface area (Å²) in [5, 5.41) is 10.3. The quantitative estimate of drug-likeness (QED) is 0.300. The second-order valence-corrected chi connectivity index (χ2v) is 8.60. The van der Waals surface area contributed by atoms with Gasteiger partial charge in [0, 0.05) is 5.56 Å². The second-order valence-electron chi connectivity index (χ2n) is 6.43. The van der Waals surface area contributed by atoms with E-state index in [1.807, 2.05) is 61.5 Å². The Bertz CT molecular complexity index is 1160. The van der Waals surface area contributed by atoms with Crippen LogP contribution in [0.1, 0.15) is 10.6 Å². The van der Waals surface area contributed by atoms with Gasteiger partial charge < -0.3 is 9.47 Å². The molecule has 0 saturated heterocycles. The topological polar surface area (TPSA) is 74.2 Å². The van der Waals surface area contributed by atoms with E-state index in [9.17, 15) is 4.79 Å². The van der Waals surface area contributed by atoms with Crippen LogP contribution in [-0.2, 0) is 16.1 Å². The summed E-state index contributed by atoms with van der Waals surface area (Å²) in [7, 11) is 1.64. The van der Waals surface area contributed by atoms with Gasteiger partial charge in [-0.05, 0) is 36.8 Å². The number of ether oxygens (including phenoxy) is 2. The average molecular weight is 438 g/mol. The summed E-state index contributed by atoms with van der Waals surface area (Å²) < 4.78 is 11.5. The van der Waals surface area contributed by atoms with Crippen molar-refractivity contribution in [1.82, 2.24) is 15.2 Å². The Morgan fingerprint density at radius 3 is 2.57 bits per heavy atom. The highest BCUT2D eigenvalue weighted by Gasteiger charge is 2.17. The highest BCUT2D eigenvalue weighted by Crippen LogP contribution is 2.35. The number of thioether (sulfide) groups is 1. The van der Waals surface area contributed by atoms with Crippen molar-refractivity contribution >= 4 is 39.3 Å². The zero-order valence-corrected chi connectivity index (χ0v) is 18.1. The number of fused-ring (bicyclic) bond motifs is 1. The van der Waals surface area contributed by atoms with E-state index in [0.29, 0.717) is 5.03 Å². The first kappa shape index (κ1) is 20.3. The van der Waals surface area contributed by atoms with Crippen LogP contribution in [0.3, 0.4) is 0 Å². The van der Waals surface area contributed by atoms with Crippen molar-refractivity contribution in [2.75, 3.05) is 12.9 Å². The monoisotopic (exact) mass is 437 g/mol. The molecule has 0 saturated carbocycles. The zero-order valence-electron chi connectivity index (χ0n) is 16.5. The summed E-state index contributed by atoms with van der Waals surface area (Å²) in [6, 6.07) is 17.3. The fraction of sp³-hybridized carbons (Fsp3) is 0.182. The molecule has 152 valence electrons. The van der Waals surface area contributed by atoms with Crippen LogP contribution in [-0.4, -0.2) is 34.0 Å². The fourth-order valence-corrected chi connectivity index (χ4v) is 4.57. The third kappa shape index (κ3) is 4.60. The third-order valence-electron chi connectivity index (χ3n) is 4.33. The van der Waals surface area contributed by atoms with Crippen molar-refractivity contribution in [2.45, 2.75) is 18.6 Å². The number of rotatable bonds is 7. The summed E-state index contributed by atoms with van der Waals surface area (Å²) in [4.78, 5) is 16.8. The number of hydrogen-bond donors (Lipinski definition) is 0. The maximum Gasteiger partial charge on any atom is 0.316 e. The Morgan fingerprint density at radius 2 is 1.83 bits per heavy atom. The molecular weight excluding hydrogens is 418 g/mol. The number of aromatic nitrogens is 3. The summed E-state index contributed by atoms with van der Waals surface area (Å²) in [6.45, 7) is 2.21. The smallest absolute Gasteiger partial charge is 0.316 e. The first-order valence-electron chi connectivity index (χ1n) is 9.24. The van der Waals surface area contributed by atoms with Crippen molar-refractivity contribution in [3.05, 3.63) is 65.2 Å². The van der Waals surface area contributed by atoms with Crippen molar-refractivity contribution < 1.29 is 14.3 Å². The van der Waals surface area contributed by atoms with Crippen LogP contribution in [0, 0.1) is 6.92 Å². The minimum atomic E-state index is -0.301. The summed E-state index contributed by atoms with van der Waals surface area (Å²) >= 11 is 2.86. The SMILES string of the molecule is COc1ccc(-c2nnc(SCC(=O)OCc3ccccc3)c3nc(C)sc23)cc1. The standard InChI is InChI=1S/C22H19N3O3S2/c1-14-23-20-21(30-14)19(16-8-10-17(27-2)11-9-16)24-25-22(20)29-13-18(26)28-12-15-6-4-3-5-7-15/h3-11H,12-13H2,1-2H3. The predicted octanol–water partition coefficient (Wildman–Crippen LogP) is 4.91. The number of carbonyl (C=O) groups excluding carboxylic acids is 1. The normalized spacial score (nSPS) is 10.9. The largest absolute Gasteiger partial charge is 0.497 e. The molecule has 4 aromatic rings. The molecule has 0 atom stereocenters. The van der Waals surface area contributed by atoms with Crippen LogP contribution >= 0.6 is 23.1 Å². The lowest BCUT2D eigenvalue weighted by Crippen LogP contribution is -2.07. The van der Waals surface area contributed by atoms with E-state index in [1.165, 1.54) is 11.8 Å². The van der Waals surface area contributed by atoms with E-state index in [-0.39, 0.29) is 18.3 Å². The summed E-state index contributed by atoms with van der Waals surface area (Å²) in [6.07, 6.45) is 0. The molecule has 2 aromatic carbocycles. The molecule has 0 unspecified atom stereocenters. The van der Waals surface area contributed by atoms with E-state index in [0.717, 1.165) is 37.8 Å². The van der Waals surface area contributed by atoms with Gasteiger partial charge in [-0.3, -0.25) is 4.79 Å². The van der Waals surface area contributed by atoms with Gasteiger partial charge in [0.2, 0.25) is 0 Å². The Balaban J connectivity index is 1.50. The van der Waals surface area contributed by atoms with E-state index in [2.05, 4.69) is 15.2 Å². The highest BCUT2D eigenvalue weighted by atomic mass is 32.2. The molecule has 0 radical (unpaired) electrons. The molecule has 30 heavy (non-hydrogen) atoms. The molecule has 0 N–H and O–H groups in total. The van der Waals surface area contributed by atoms with Gasteiger partial charge in [-0.1, -0.05) is 42.1 Å². The zero-order chi connectivity index (χ0) is 20.9. The first-order chi connectivity index (χ1) is 14.6. The lowest BCUT2D eigenvalue weighted by atomic mass is 10.1. The van der Waals surface area contributed by atoms with Crippen LogP contribution < -0.4 is 4.74 Å². The number of benzene rings is 2. The van der Waals surface area contributed by atoms with Crippen molar-refractivity contribution in [3.63, 3.8) is 0 Å². The molecule has 0 aliphatic heterocycles. The Morgan fingerprint density at radius 1 is 1.07 bits per heavy atom. The molecule has 2 aromatic heterocycles. The van der Waals surface area contributed by atoms with Gasteiger partial charge >= 0.3 is 5.97 Å². The molecule has 4 rings (SSSR count). The molecule has 0 aliphatic carbocycles. The van der Waals surface area contributed by atoms with Crippen LogP contribution in [0.15, 0.2) is 59.6 Å².